The largest absolute Gasteiger partial charge is 0.238 e. The first-order valence-corrected chi connectivity index (χ1v) is 5.24. The number of benzene rings is 1. The van der Waals surface area contributed by atoms with Gasteiger partial charge in [-0.3, -0.25) is 0 Å². The third kappa shape index (κ3) is 2.64. The zero-order chi connectivity index (χ0) is 12.1. The molecule has 0 bridgehead atoms. The molecule has 0 saturated heterocycles. The van der Waals surface area contributed by atoms with Gasteiger partial charge in [0.1, 0.15) is 12.4 Å². The van der Waals surface area contributed by atoms with Gasteiger partial charge in [-0.1, -0.05) is 30.3 Å². The van der Waals surface area contributed by atoms with Crippen LogP contribution in [-0.2, 0) is 12.8 Å². The average molecular weight is 227 g/mol. The highest BCUT2D eigenvalue weighted by molar-refractivity contribution is 5.24. The van der Waals surface area contributed by atoms with Crippen molar-refractivity contribution < 1.29 is 4.39 Å². The lowest BCUT2D eigenvalue weighted by molar-refractivity contribution is 0.584. The summed E-state index contributed by atoms with van der Waals surface area (Å²) in [6.07, 6.45) is 2.38. The quantitative estimate of drug-likeness (QED) is 0.808. The number of nitrogens with zero attached hydrogens (tertiary/aromatic N) is 3. The molecule has 1 heterocycles. The summed E-state index contributed by atoms with van der Waals surface area (Å²) in [6.45, 7) is 0. The van der Waals surface area contributed by atoms with Crippen molar-refractivity contribution in [3.63, 3.8) is 0 Å². The van der Waals surface area contributed by atoms with Gasteiger partial charge in [-0.2, -0.15) is 5.26 Å². The Labute approximate surface area is 98.6 Å². The molecule has 0 aliphatic heterocycles. The Hall–Kier alpha value is -2.28. The Morgan fingerprint density at radius 1 is 1.12 bits per heavy atom. The zero-order valence-corrected chi connectivity index (χ0v) is 9.10. The number of hydrogen-bond donors (Lipinski definition) is 0. The monoisotopic (exact) mass is 227 g/mol. The summed E-state index contributed by atoms with van der Waals surface area (Å²) in [5, 5.41) is 8.65. The predicted octanol–water partition coefficient (Wildman–Crippen LogP) is 2.27. The highest BCUT2D eigenvalue weighted by Crippen LogP contribution is 2.10. The average Bonchev–Trinajstić information content (AvgIpc) is 2.39. The van der Waals surface area contributed by atoms with E-state index in [0.717, 1.165) is 5.56 Å². The van der Waals surface area contributed by atoms with Crippen molar-refractivity contribution in [3.8, 4) is 6.07 Å². The minimum atomic E-state index is -0.606. The fraction of sp³-hybridized carbons (Fsp3) is 0.154. The smallest absolute Gasteiger partial charge is 0.181 e. The molecule has 2 rings (SSSR count). The van der Waals surface area contributed by atoms with Gasteiger partial charge >= 0.3 is 0 Å². The first-order chi connectivity index (χ1) is 8.31. The number of aryl methyl sites for hydroxylation is 2. The molecule has 0 fully saturated rings. The highest BCUT2D eigenvalue weighted by Gasteiger charge is 2.10. The molecule has 1 aromatic heterocycles. The van der Waals surface area contributed by atoms with E-state index in [1.165, 1.54) is 6.33 Å². The van der Waals surface area contributed by atoms with Crippen molar-refractivity contribution in [2.24, 2.45) is 0 Å². The SMILES string of the molecule is N#Cc1ncnc(CCc2ccccc2)c1F. The zero-order valence-electron chi connectivity index (χ0n) is 9.10. The van der Waals surface area contributed by atoms with E-state index in [-0.39, 0.29) is 5.69 Å². The van der Waals surface area contributed by atoms with E-state index in [0.29, 0.717) is 18.5 Å². The van der Waals surface area contributed by atoms with Crippen LogP contribution < -0.4 is 0 Å². The van der Waals surface area contributed by atoms with Gasteiger partial charge in [0.15, 0.2) is 11.5 Å². The van der Waals surface area contributed by atoms with E-state index < -0.39 is 5.82 Å². The lowest BCUT2D eigenvalue weighted by atomic mass is 10.1. The van der Waals surface area contributed by atoms with E-state index in [1.807, 2.05) is 30.3 Å². The number of rotatable bonds is 3. The Morgan fingerprint density at radius 2 is 1.88 bits per heavy atom. The van der Waals surface area contributed by atoms with Crippen molar-refractivity contribution in [2.75, 3.05) is 0 Å². The maximum atomic E-state index is 13.6. The fourth-order valence-corrected chi connectivity index (χ4v) is 1.57. The van der Waals surface area contributed by atoms with E-state index in [1.54, 1.807) is 6.07 Å². The molecule has 0 atom stereocenters. The lowest BCUT2D eigenvalue weighted by Crippen LogP contribution is -2.02. The Bertz CT molecular complexity index is 546. The number of halogens is 1. The minimum Gasteiger partial charge on any atom is -0.238 e. The van der Waals surface area contributed by atoms with Crippen LogP contribution in [-0.4, -0.2) is 9.97 Å². The van der Waals surface area contributed by atoms with Gasteiger partial charge in [-0.25, -0.2) is 14.4 Å². The minimum absolute atomic E-state index is 0.192. The van der Waals surface area contributed by atoms with Gasteiger partial charge in [0.2, 0.25) is 0 Å². The third-order valence-electron chi connectivity index (χ3n) is 2.46. The summed E-state index contributed by atoms with van der Waals surface area (Å²) in [5.74, 6) is -0.606. The van der Waals surface area contributed by atoms with Gasteiger partial charge in [0, 0.05) is 0 Å². The van der Waals surface area contributed by atoms with Crippen LogP contribution in [0.25, 0.3) is 0 Å². The number of aromatic nitrogens is 2. The summed E-state index contributed by atoms with van der Waals surface area (Å²) < 4.78 is 13.6. The normalized spacial score (nSPS) is 9.88. The van der Waals surface area contributed by atoms with Crippen LogP contribution in [0, 0.1) is 17.1 Å². The van der Waals surface area contributed by atoms with Gasteiger partial charge in [-0.05, 0) is 18.4 Å². The molecule has 0 aliphatic rings. The second-order valence-electron chi connectivity index (χ2n) is 3.58. The van der Waals surface area contributed by atoms with E-state index in [9.17, 15) is 4.39 Å². The van der Waals surface area contributed by atoms with Gasteiger partial charge in [-0.15, -0.1) is 0 Å². The maximum absolute atomic E-state index is 13.6. The standard InChI is InChI=1S/C13H10FN3/c14-13-11(16-9-17-12(13)8-15)7-6-10-4-2-1-3-5-10/h1-5,9H,6-7H2. The maximum Gasteiger partial charge on any atom is 0.181 e. The molecule has 2 aromatic rings. The van der Waals surface area contributed by atoms with Crippen LogP contribution in [0.2, 0.25) is 0 Å². The van der Waals surface area contributed by atoms with Crippen molar-refractivity contribution in [2.45, 2.75) is 12.8 Å². The van der Waals surface area contributed by atoms with Crippen molar-refractivity contribution in [1.82, 2.24) is 9.97 Å². The lowest BCUT2D eigenvalue weighted by Gasteiger charge is -2.02. The summed E-state index contributed by atoms with van der Waals surface area (Å²) >= 11 is 0. The van der Waals surface area contributed by atoms with Crippen LogP contribution in [0.15, 0.2) is 36.7 Å². The molecule has 0 spiro atoms. The van der Waals surface area contributed by atoms with Crippen molar-refractivity contribution in [3.05, 3.63) is 59.4 Å². The topological polar surface area (TPSA) is 49.6 Å². The molecule has 84 valence electrons. The first kappa shape index (κ1) is 11.2. The molecular weight excluding hydrogens is 217 g/mol. The number of nitriles is 1. The molecule has 3 nitrogen and oxygen atoms in total. The molecule has 4 heteroatoms. The fourth-order valence-electron chi connectivity index (χ4n) is 1.57. The molecule has 0 unspecified atom stereocenters. The predicted molar refractivity (Wildman–Crippen MR) is 60.6 cm³/mol. The molecule has 0 amide bonds. The Balaban J connectivity index is 2.13. The van der Waals surface area contributed by atoms with Crippen LogP contribution in [0.4, 0.5) is 4.39 Å². The molecule has 0 saturated carbocycles. The van der Waals surface area contributed by atoms with E-state index >= 15 is 0 Å². The van der Waals surface area contributed by atoms with E-state index in [4.69, 9.17) is 5.26 Å². The van der Waals surface area contributed by atoms with Crippen LogP contribution in [0.1, 0.15) is 17.0 Å². The summed E-state index contributed by atoms with van der Waals surface area (Å²) in [5.41, 5.74) is 1.22. The third-order valence-corrected chi connectivity index (χ3v) is 2.46. The van der Waals surface area contributed by atoms with Gasteiger partial charge < -0.3 is 0 Å². The molecular formula is C13H10FN3. The molecule has 0 N–H and O–H groups in total. The number of hydrogen-bond acceptors (Lipinski definition) is 3. The molecule has 1 aromatic carbocycles. The second kappa shape index (κ2) is 5.17. The van der Waals surface area contributed by atoms with Crippen LogP contribution in [0.3, 0.4) is 0 Å². The second-order valence-corrected chi connectivity index (χ2v) is 3.58. The van der Waals surface area contributed by atoms with Gasteiger partial charge in [0.05, 0.1) is 5.69 Å². The van der Waals surface area contributed by atoms with Gasteiger partial charge in [0.25, 0.3) is 0 Å². The summed E-state index contributed by atoms with van der Waals surface area (Å²) in [7, 11) is 0. The Morgan fingerprint density at radius 3 is 2.59 bits per heavy atom. The van der Waals surface area contributed by atoms with Crippen molar-refractivity contribution >= 4 is 0 Å². The molecule has 0 aliphatic carbocycles. The molecule has 0 radical (unpaired) electrons. The highest BCUT2D eigenvalue weighted by atomic mass is 19.1. The van der Waals surface area contributed by atoms with Crippen molar-refractivity contribution in [1.29, 1.82) is 5.26 Å². The summed E-state index contributed by atoms with van der Waals surface area (Å²) in [6, 6.07) is 11.5. The van der Waals surface area contributed by atoms with E-state index in [2.05, 4.69) is 9.97 Å². The molecule has 17 heavy (non-hydrogen) atoms. The Kier molecular flexibility index (Phi) is 3.41. The van der Waals surface area contributed by atoms with Crippen LogP contribution in [0.5, 0.6) is 0 Å². The summed E-state index contributed by atoms with van der Waals surface area (Å²) in [4.78, 5) is 7.43. The van der Waals surface area contributed by atoms with Crippen LogP contribution >= 0.6 is 0 Å². The first-order valence-electron chi connectivity index (χ1n) is 5.24.